The number of benzene rings is 2. The van der Waals surface area contributed by atoms with E-state index >= 15 is 0 Å². The van der Waals surface area contributed by atoms with Gasteiger partial charge in [-0.15, -0.1) is 0 Å². The number of fused-ring (bicyclic) bond motifs is 1. The summed E-state index contributed by atoms with van der Waals surface area (Å²) in [5, 5.41) is 2.79. The zero-order chi connectivity index (χ0) is 20.4. The number of carbonyl (C=O) groups excluding carboxylic acids is 2. The Kier molecular flexibility index (Phi) is 4.99. The highest BCUT2D eigenvalue weighted by Crippen LogP contribution is 2.37. The van der Waals surface area contributed by atoms with Gasteiger partial charge in [-0.2, -0.15) is 0 Å². The third kappa shape index (κ3) is 3.69. The van der Waals surface area contributed by atoms with Crippen LogP contribution in [0.15, 0.2) is 66.9 Å². The fourth-order valence-corrected chi connectivity index (χ4v) is 3.62. The number of carbonyl (C=O) groups is 2. The second-order valence-corrected chi connectivity index (χ2v) is 6.98. The lowest BCUT2D eigenvalue weighted by Crippen LogP contribution is -2.24. The molecule has 1 N–H and O–H groups in total. The van der Waals surface area contributed by atoms with Crippen LogP contribution in [0.2, 0.25) is 0 Å². The molecule has 0 fully saturated rings. The predicted molar refractivity (Wildman–Crippen MR) is 112 cm³/mol. The smallest absolute Gasteiger partial charge is 0.337 e. The number of nitrogens with zero attached hydrogens (tertiary/aromatic N) is 2. The second kappa shape index (κ2) is 7.75. The number of hydrogen-bond donors (Lipinski definition) is 1. The van der Waals surface area contributed by atoms with Crippen LogP contribution in [0, 0.1) is 0 Å². The van der Waals surface area contributed by atoms with Crippen molar-refractivity contribution in [1.29, 1.82) is 0 Å². The summed E-state index contributed by atoms with van der Waals surface area (Å²) in [5.74, 6) is -0.727. The molecule has 0 spiro atoms. The Balaban J connectivity index is 1.48. The van der Waals surface area contributed by atoms with Crippen molar-refractivity contribution in [2.24, 2.45) is 0 Å². The SMILES string of the molecule is COC(=O)c1ccc(NC(=O)c2ccc(N3c4ccccc4CC3C)cn2)cc1. The molecule has 2 aromatic carbocycles. The summed E-state index contributed by atoms with van der Waals surface area (Å²) in [6, 6.07) is 18.8. The van der Waals surface area contributed by atoms with Crippen LogP contribution in [0.3, 0.4) is 0 Å². The lowest BCUT2D eigenvalue weighted by atomic mass is 10.1. The minimum Gasteiger partial charge on any atom is -0.465 e. The summed E-state index contributed by atoms with van der Waals surface area (Å²) in [5.41, 5.74) is 4.79. The van der Waals surface area contributed by atoms with Crippen molar-refractivity contribution in [2.75, 3.05) is 17.3 Å². The van der Waals surface area contributed by atoms with Crippen molar-refractivity contribution in [3.05, 3.63) is 83.7 Å². The van der Waals surface area contributed by atoms with E-state index in [1.54, 1.807) is 36.5 Å². The van der Waals surface area contributed by atoms with Gasteiger partial charge >= 0.3 is 5.97 Å². The van der Waals surface area contributed by atoms with E-state index in [1.165, 1.54) is 18.4 Å². The molecule has 146 valence electrons. The van der Waals surface area contributed by atoms with Crippen molar-refractivity contribution in [3.8, 4) is 0 Å². The predicted octanol–water partition coefficient (Wildman–Crippen LogP) is 4.20. The number of anilines is 3. The monoisotopic (exact) mass is 387 g/mol. The highest BCUT2D eigenvalue weighted by molar-refractivity contribution is 6.03. The first-order valence-electron chi connectivity index (χ1n) is 9.40. The average molecular weight is 387 g/mol. The Labute approximate surface area is 169 Å². The Morgan fingerprint density at radius 1 is 1.07 bits per heavy atom. The van der Waals surface area contributed by atoms with Gasteiger partial charge in [-0.05, 0) is 61.4 Å². The molecule has 1 aliphatic rings. The van der Waals surface area contributed by atoms with Crippen molar-refractivity contribution in [1.82, 2.24) is 4.98 Å². The summed E-state index contributed by atoms with van der Waals surface area (Å²) in [7, 11) is 1.33. The maximum Gasteiger partial charge on any atom is 0.337 e. The van der Waals surface area contributed by atoms with Crippen LogP contribution in [0.1, 0.15) is 33.3 Å². The van der Waals surface area contributed by atoms with Gasteiger partial charge in [-0.1, -0.05) is 18.2 Å². The molecular formula is C23H21N3O3. The lowest BCUT2D eigenvalue weighted by molar-refractivity contribution is 0.0600. The van der Waals surface area contributed by atoms with Gasteiger partial charge in [0.1, 0.15) is 5.69 Å². The van der Waals surface area contributed by atoms with E-state index in [0.29, 0.717) is 23.0 Å². The van der Waals surface area contributed by atoms with E-state index in [9.17, 15) is 9.59 Å². The highest BCUT2D eigenvalue weighted by atomic mass is 16.5. The molecule has 0 bridgehead atoms. The van der Waals surface area contributed by atoms with Crippen LogP contribution < -0.4 is 10.2 Å². The summed E-state index contributed by atoms with van der Waals surface area (Å²) in [6.45, 7) is 2.18. The Morgan fingerprint density at radius 3 is 2.52 bits per heavy atom. The first kappa shape index (κ1) is 18.7. The standard InChI is InChI=1S/C23H21N3O3/c1-15-13-17-5-3-4-6-21(17)26(15)19-11-12-20(24-14-19)22(27)25-18-9-7-16(8-10-18)23(28)29-2/h3-12,14-15H,13H2,1-2H3,(H,25,27). The van der Waals surface area contributed by atoms with Gasteiger partial charge in [-0.3, -0.25) is 4.79 Å². The normalized spacial score (nSPS) is 15.0. The molecule has 4 rings (SSSR count). The molecule has 1 atom stereocenters. The summed E-state index contributed by atoms with van der Waals surface area (Å²) >= 11 is 0. The van der Waals surface area contributed by atoms with E-state index in [0.717, 1.165) is 12.1 Å². The minimum absolute atomic E-state index is 0.308. The van der Waals surface area contributed by atoms with E-state index in [1.807, 2.05) is 12.1 Å². The number of rotatable bonds is 4. The number of methoxy groups -OCH3 is 1. The molecule has 0 aliphatic carbocycles. The summed E-state index contributed by atoms with van der Waals surface area (Å²) in [4.78, 5) is 30.6. The number of ether oxygens (including phenoxy) is 1. The van der Waals surface area contributed by atoms with Crippen LogP contribution in [0.5, 0.6) is 0 Å². The summed E-state index contributed by atoms with van der Waals surface area (Å²) < 4.78 is 4.67. The van der Waals surface area contributed by atoms with Gasteiger partial charge in [-0.25, -0.2) is 9.78 Å². The highest BCUT2D eigenvalue weighted by Gasteiger charge is 2.27. The second-order valence-electron chi connectivity index (χ2n) is 6.98. The maximum atomic E-state index is 12.5. The molecular weight excluding hydrogens is 366 g/mol. The largest absolute Gasteiger partial charge is 0.465 e. The zero-order valence-electron chi connectivity index (χ0n) is 16.3. The third-order valence-corrected chi connectivity index (χ3v) is 5.03. The Hall–Kier alpha value is -3.67. The van der Waals surface area contributed by atoms with Crippen LogP contribution in [-0.2, 0) is 11.2 Å². The van der Waals surface area contributed by atoms with Gasteiger partial charge in [0.25, 0.3) is 5.91 Å². The topological polar surface area (TPSA) is 71.5 Å². The maximum absolute atomic E-state index is 12.5. The first-order valence-corrected chi connectivity index (χ1v) is 9.40. The van der Waals surface area contributed by atoms with Gasteiger partial charge in [0.2, 0.25) is 0 Å². The molecule has 3 aromatic rings. The molecule has 1 unspecified atom stereocenters. The number of pyridine rings is 1. The number of esters is 1. The quantitative estimate of drug-likeness (QED) is 0.679. The van der Waals surface area contributed by atoms with Crippen molar-refractivity contribution in [2.45, 2.75) is 19.4 Å². The molecule has 0 radical (unpaired) electrons. The van der Waals surface area contributed by atoms with Gasteiger partial charge in [0.15, 0.2) is 0 Å². The van der Waals surface area contributed by atoms with Crippen molar-refractivity contribution in [3.63, 3.8) is 0 Å². The van der Waals surface area contributed by atoms with Crippen LogP contribution >= 0.6 is 0 Å². The number of hydrogen-bond acceptors (Lipinski definition) is 5. The van der Waals surface area contributed by atoms with E-state index in [2.05, 4.69) is 45.1 Å². The molecule has 2 heterocycles. The number of para-hydroxylation sites is 1. The molecule has 6 nitrogen and oxygen atoms in total. The van der Waals surface area contributed by atoms with Gasteiger partial charge in [0.05, 0.1) is 24.6 Å². The third-order valence-electron chi connectivity index (χ3n) is 5.03. The van der Waals surface area contributed by atoms with Gasteiger partial charge in [0, 0.05) is 17.4 Å². The van der Waals surface area contributed by atoms with Crippen molar-refractivity contribution < 1.29 is 14.3 Å². The zero-order valence-corrected chi connectivity index (χ0v) is 16.3. The Bertz CT molecular complexity index is 1050. The average Bonchev–Trinajstić information content (AvgIpc) is 3.09. The minimum atomic E-state index is -0.419. The first-order chi connectivity index (χ1) is 14.1. The number of aromatic nitrogens is 1. The Morgan fingerprint density at radius 2 is 1.83 bits per heavy atom. The van der Waals surface area contributed by atoms with Gasteiger partial charge < -0.3 is 15.0 Å². The van der Waals surface area contributed by atoms with Crippen LogP contribution in [0.25, 0.3) is 0 Å². The molecule has 1 aliphatic heterocycles. The molecule has 29 heavy (non-hydrogen) atoms. The lowest BCUT2D eigenvalue weighted by Gasteiger charge is -2.24. The van der Waals surface area contributed by atoms with Crippen LogP contribution in [-0.4, -0.2) is 30.0 Å². The fourth-order valence-electron chi connectivity index (χ4n) is 3.62. The molecule has 1 aromatic heterocycles. The number of amides is 1. The fraction of sp³-hybridized carbons (Fsp3) is 0.174. The van der Waals surface area contributed by atoms with E-state index in [4.69, 9.17) is 0 Å². The molecule has 0 saturated heterocycles. The molecule has 1 amide bonds. The summed E-state index contributed by atoms with van der Waals surface area (Å²) in [6.07, 6.45) is 2.72. The molecule has 0 saturated carbocycles. The van der Waals surface area contributed by atoms with E-state index in [-0.39, 0.29) is 5.91 Å². The van der Waals surface area contributed by atoms with Crippen LogP contribution in [0.4, 0.5) is 17.1 Å². The van der Waals surface area contributed by atoms with Crippen molar-refractivity contribution >= 4 is 28.9 Å². The molecule has 6 heteroatoms. The number of nitrogens with one attached hydrogen (secondary N) is 1. The van der Waals surface area contributed by atoms with E-state index < -0.39 is 5.97 Å².